The van der Waals surface area contributed by atoms with Crippen molar-refractivity contribution in [3.63, 3.8) is 0 Å². The average Bonchev–Trinajstić information content (AvgIpc) is 2.37. The standard InChI is InChI=1S/C17H24N2/c1-5-18-16(17(2,3)4)12-13-10-11-19-15-9-7-6-8-14(13)15/h6-11,16,18H,5,12H2,1-4H3. The molecule has 19 heavy (non-hydrogen) atoms. The van der Waals surface area contributed by atoms with E-state index < -0.39 is 0 Å². The van der Waals surface area contributed by atoms with Crippen LogP contribution in [0.2, 0.25) is 0 Å². The van der Waals surface area contributed by atoms with Crippen molar-refractivity contribution in [3.05, 3.63) is 42.1 Å². The van der Waals surface area contributed by atoms with Crippen LogP contribution in [0.4, 0.5) is 0 Å². The van der Waals surface area contributed by atoms with E-state index in [0.29, 0.717) is 6.04 Å². The van der Waals surface area contributed by atoms with Gasteiger partial charge in [-0.05, 0) is 36.1 Å². The lowest BCUT2D eigenvalue weighted by molar-refractivity contribution is 0.270. The fourth-order valence-corrected chi connectivity index (χ4v) is 2.48. The molecule has 0 spiro atoms. The van der Waals surface area contributed by atoms with Crippen LogP contribution in [0.1, 0.15) is 33.3 Å². The first-order valence-corrected chi connectivity index (χ1v) is 7.08. The Hall–Kier alpha value is -1.41. The van der Waals surface area contributed by atoms with E-state index in [0.717, 1.165) is 18.5 Å². The number of rotatable bonds is 4. The van der Waals surface area contributed by atoms with Crippen LogP contribution >= 0.6 is 0 Å². The maximum Gasteiger partial charge on any atom is 0.0704 e. The van der Waals surface area contributed by atoms with Crippen molar-refractivity contribution in [1.29, 1.82) is 0 Å². The van der Waals surface area contributed by atoms with Gasteiger partial charge in [0.25, 0.3) is 0 Å². The van der Waals surface area contributed by atoms with E-state index in [1.54, 1.807) is 0 Å². The lowest BCUT2D eigenvalue weighted by Gasteiger charge is -2.32. The highest BCUT2D eigenvalue weighted by atomic mass is 14.9. The molecule has 0 amide bonds. The summed E-state index contributed by atoms with van der Waals surface area (Å²) >= 11 is 0. The van der Waals surface area contributed by atoms with Crippen LogP contribution in [-0.2, 0) is 6.42 Å². The number of nitrogens with zero attached hydrogens (tertiary/aromatic N) is 1. The molecule has 2 rings (SSSR count). The summed E-state index contributed by atoms with van der Waals surface area (Å²) in [5.74, 6) is 0. The second-order valence-electron chi connectivity index (χ2n) is 6.17. The Morgan fingerprint density at radius 3 is 2.58 bits per heavy atom. The summed E-state index contributed by atoms with van der Waals surface area (Å²) in [6.07, 6.45) is 2.96. The van der Waals surface area contributed by atoms with E-state index in [1.807, 2.05) is 12.3 Å². The van der Waals surface area contributed by atoms with Gasteiger partial charge in [-0.15, -0.1) is 0 Å². The Bertz CT molecular complexity index is 535. The molecule has 1 atom stereocenters. The second kappa shape index (κ2) is 5.70. The molecule has 102 valence electrons. The SMILES string of the molecule is CCNC(Cc1ccnc2ccccc12)C(C)(C)C. The van der Waals surface area contributed by atoms with E-state index in [-0.39, 0.29) is 5.41 Å². The fourth-order valence-electron chi connectivity index (χ4n) is 2.48. The summed E-state index contributed by atoms with van der Waals surface area (Å²) in [4.78, 5) is 4.44. The van der Waals surface area contributed by atoms with Gasteiger partial charge in [0.1, 0.15) is 0 Å². The molecular weight excluding hydrogens is 232 g/mol. The van der Waals surface area contributed by atoms with Crippen molar-refractivity contribution in [1.82, 2.24) is 10.3 Å². The minimum Gasteiger partial charge on any atom is -0.313 e. The molecule has 2 nitrogen and oxygen atoms in total. The number of hydrogen-bond acceptors (Lipinski definition) is 2. The molecule has 0 fully saturated rings. The quantitative estimate of drug-likeness (QED) is 0.900. The fraction of sp³-hybridized carbons (Fsp3) is 0.471. The van der Waals surface area contributed by atoms with Crippen LogP contribution in [0.25, 0.3) is 10.9 Å². The van der Waals surface area contributed by atoms with Gasteiger partial charge >= 0.3 is 0 Å². The number of para-hydroxylation sites is 1. The lowest BCUT2D eigenvalue weighted by atomic mass is 9.82. The highest BCUT2D eigenvalue weighted by Gasteiger charge is 2.24. The molecule has 0 aliphatic heterocycles. The van der Waals surface area contributed by atoms with Crippen LogP contribution in [0.15, 0.2) is 36.5 Å². The van der Waals surface area contributed by atoms with Crippen LogP contribution in [0.5, 0.6) is 0 Å². The molecular formula is C17H24N2. The zero-order chi connectivity index (χ0) is 13.9. The normalized spacial score (nSPS) is 13.7. The van der Waals surface area contributed by atoms with Gasteiger partial charge in [0.2, 0.25) is 0 Å². The minimum absolute atomic E-state index is 0.250. The summed E-state index contributed by atoms with van der Waals surface area (Å²) in [5.41, 5.74) is 2.72. The van der Waals surface area contributed by atoms with Crippen LogP contribution in [-0.4, -0.2) is 17.6 Å². The Morgan fingerprint density at radius 1 is 1.16 bits per heavy atom. The van der Waals surface area contributed by atoms with Gasteiger partial charge in [-0.3, -0.25) is 4.98 Å². The molecule has 0 radical (unpaired) electrons. The molecule has 0 saturated carbocycles. The van der Waals surface area contributed by atoms with Crippen LogP contribution in [0, 0.1) is 5.41 Å². The Labute approximate surface area is 116 Å². The monoisotopic (exact) mass is 256 g/mol. The van der Waals surface area contributed by atoms with Crippen molar-refractivity contribution < 1.29 is 0 Å². The third-order valence-electron chi connectivity index (χ3n) is 3.66. The van der Waals surface area contributed by atoms with Crippen molar-refractivity contribution in [2.75, 3.05) is 6.54 Å². The van der Waals surface area contributed by atoms with Crippen molar-refractivity contribution in [2.45, 2.75) is 40.2 Å². The summed E-state index contributed by atoms with van der Waals surface area (Å²) in [7, 11) is 0. The Morgan fingerprint density at radius 2 is 1.89 bits per heavy atom. The molecule has 1 unspecified atom stereocenters. The average molecular weight is 256 g/mol. The predicted octanol–water partition coefficient (Wildman–Crippen LogP) is 3.80. The Kier molecular flexibility index (Phi) is 4.20. The zero-order valence-electron chi connectivity index (χ0n) is 12.4. The first-order valence-electron chi connectivity index (χ1n) is 7.08. The zero-order valence-corrected chi connectivity index (χ0v) is 12.4. The van der Waals surface area contributed by atoms with Gasteiger partial charge in [0, 0.05) is 17.6 Å². The summed E-state index contributed by atoms with van der Waals surface area (Å²) in [6.45, 7) is 10.1. The van der Waals surface area contributed by atoms with Crippen molar-refractivity contribution in [2.24, 2.45) is 5.41 Å². The second-order valence-corrected chi connectivity index (χ2v) is 6.17. The third kappa shape index (κ3) is 3.32. The highest BCUT2D eigenvalue weighted by molar-refractivity contribution is 5.81. The number of fused-ring (bicyclic) bond motifs is 1. The molecule has 0 saturated heterocycles. The van der Waals surface area contributed by atoms with Crippen LogP contribution < -0.4 is 5.32 Å². The molecule has 1 N–H and O–H groups in total. The molecule has 2 heteroatoms. The topological polar surface area (TPSA) is 24.9 Å². The van der Waals surface area contributed by atoms with E-state index in [9.17, 15) is 0 Å². The van der Waals surface area contributed by atoms with Gasteiger partial charge in [-0.2, -0.15) is 0 Å². The predicted molar refractivity (Wildman–Crippen MR) is 82.4 cm³/mol. The molecule has 0 aliphatic rings. The summed E-state index contributed by atoms with van der Waals surface area (Å²) in [5, 5.41) is 4.89. The number of pyridine rings is 1. The number of nitrogens with one attached hydrogen (secondary N) is 1. The first-order chi connectivity index (χ1) is 9.02. The lowest BCUT2D eigenvalue weighted by Crippen LogP contribution is -2.41. The minimum atomic E-state index is 0.250. The Balaban J connectivity index is 2.34. The van der Waals surface area contributed by atoms with Crippen molar-refractivity contribution >= 4 is 10.9 Å². The molecule has 0 bridgehead atoms. The maximum absolute atomic E-state index is 4.44. The van der Waals surface area contributed by atoms with E-state index in [1.165, 1.54) is 10.9 Å². The van der Waals surface area contributed by atoms with E-state index >= 15 is 0 Å². The first kappa shape index (κ1) is 14.0. The molecule has 1 aromatic heterocycles. The van der Waals surface area contributed by atoms with Crippen LogP contribution in [0.3, 0.4) is 0 Å². The largest absolute Gasteiger partial charge is 0.313 e. The third-order valence-corrected chi connectivity index (χ3v) is 3.66. The van der Waals surface area contributed by atoms with E-state index in [4.69, 9.17) is 0 Å². The van der Waals surface area contributed by atoms with Gasteiger partial charge in [-0.25, -0.2) is 0 Å². The number of aromatic nitrogens is 1. The van der Waals surface area contributed by atoms with Gasteiger partial charge in [0.15, 0.2) is 0 Å². The molecule has 1 aromatic carbocycles. The maximum atomic E-state index is 4.44. The van der Waals surface area contributed by atoms with E-state index in [2.05, 4.69) is 62.3 Å². The molecule has 0 aliphatic carbocycles. The number of benzene rings is 1. The summed E-state index contributed by atoms with van der Waals surface area (Å²) in [6, 6.07) is 11.0. The number of likely N-dealkylation sites (N-methyl/N-ethyl adjacent to an activating group) is 1. The smallest absolute Gasteiger partial charge is 0.0704 e. The highest BCUT2D eigenvalue weighted by Crippen LogP contribution is 2.25. The summed E-state index contributed by atoms with van der Waals surface area (Å²) < 4.78 is 0. The molecule has 2 aromatic rings. The van der Waals surface area contributed by atoms with Gasteiger partial charge < -0.3 is 5.32 Å². The van der Waals surface area contributed by atoms with Gasteiger partial charge in [-0.1, -0.05) is 45.9 Å². The molecule has 1 heterocycles. The number of hydrogen-bond donors (Lipinski definition) is 1. The van der Waals surface area contributed by atoms with Crippen molar-refractivity contribution in [3.8, 4) is 0 Å². The van der Waals surface area contributed by atoms with Gasteiger partial charge in [0.05, 0.1) is 5.52 Å².